The number of carbonyl (C=O) groups excluding carboxylic acids is 1. The van der Waals surface area contributed by atoms with Crippen LogP contribution in [0.2, 0.25) is 0 Å². The van der Waals surface area contributed by atoms with Gasteiger partial charge in [-0.1, -0.05) is 122 Å². The Bertz CT molecular complexity index is 472. The Balaban J connectivity index is 1.83. The SMILES string of the molecule is CCCCCCCCCCCCCCCCCCCCCC(=O)O[C@@H]1COC[C@@H](O)[C@@H](O)[C@@H]1O. The van der Waals surface area contributed by atoms with Gasteiger partial charge in [0.25, 0.3) is 0 Å². The molecule has 4 atom stereocenters. The van der Waals surface area contributed by atoms with Gasteiger partial charge in [-0.05, 0) is 6.42 Å². The maximum atomic E-state index is 12.0. The molecule has 1 fully saturated rings. The van der Waals surface area contributed by atoms with Crippen LogP contribution in [0, 0.1) is 0 Å². The molecule has 1 rings (SSSR count). The van der Waals surface area contributed by atoms with E-state index in [9.17, 15) is 20.1 Å². The molecule has 1 aliphatic heterocycles. The molecule has 0 bridgehead atoms. The lowest BCUT2D eigenvalue weighted by molar-refractivity contribution is -0.163. The zero-order valence-electron chi connectivity index (χ0n) is 21.9. The van der Waals surface area contributed by atoms with Crippen LogP contribution >= 0.6 is 0 Å². The lowest BCUT2D eigenvalue weighted by Crippen LogP contribution is -2.45. The summed E-state index contributed by atoms with van der Waals surface area (Å²) in [6.45, 7) is 2.18. The largest absolute Gasteiger partial charge is 0.457 e. The van der Waals surface area contributed by atoms with E-state index in [0.717, 1.165) is 19.3 Å². The fourth-order valence-corrected chi connectivity index (χ4v) is 4.63. The second kappa shape index (κ2) is 21.6. The summed E-state index contributed by atoms with van der Waals surface area (Å²) in [6, 6.07) is 0. The van der Waals surface area contributed by atoms with E-state index in [2.05, 4.69) is 6.92 Å². The van der Waals surface area contributed by atoms with Crippen LogP contribution in [0.5, 0.6) is 0 Å². The van der Waals surface area contributed by atoms with Gasteiger partial charge in [-0.2, -0.15) is 0 Å². The summed E-state index contributed by atoms with van der Waals surface area (Å²) < 4.78 is 10.4. The van der Waals surface area contributed by atoms with Crippen molar-refractivity contribution >= 4 is 5.97 Å². The monoisotopic (exact) mass is 486 g/mol. The molecule has 0 unspecified atom stereocenters. The zero-order valence-corrected chi connectivity index (χ0v) is 21.9. The normalized spacial score (nSPS) is 23.1. The maximum Gasteiger partial charge on any atom is 0.306 e. The first-order valence-electron chi connectivity index (χ1n) is 14.4. The summed E-state index contributed by atoms with van der Waals surface area (Å²) in [5.41, 5.74) is 0. The summed E-state index contributed by atoms with van der Waals surface area (Å²) in [7, 11) is 0. The minimum atomic E-state index is -1.37. The molecule has 0 aromatic heterocycles. The standard InChI is InChI=1S/C28H54O6/c1-2-3-4-5-6-7-8-9-10-11-12-13-14-15-16-17-18-19-20-21-26(30)34-25-23-33-22-24(29)27(31)28(25)32/h24-25,27-29,31-32H,2-23H2,1H3/t24-,25-,27-,28-/m1/s1. The Morgan fingerprint density at radius 1 is 0.647 bits per heavy atom. The van der Waals surface area contributed by atoms with Crippen LogP contribution in [0.3, 0.4) is 0 Å². The molecule has 202 valence electrons. The molecule has 0 aliphatic carbocycles. The molecule has 0 radical (unpaired) electrons. The molecular weight excluding hydrogens is 432 g/mol. The van der Waals surface area contributed by atoms with Crippen molar-refractivity contribution < 1.29 is 29.6 Å². The van der Waals surface area contributed by atoms with Gasteiger partial charge < -0.3 is 24.8 Å². The number of unbranched alkanes of at least 4 members (excludes halogenated alkanes) is 18. The van der Waals surface area contributed by atoms with Gasteiger partial charge in [0.1, 0.15) is 18.3 Å². The third-order valence-electron chi connectivity index (χ3n) is 6.96. The van der Waals surface area contributed by atoms with Crippen molar-refractivity contribution in [2.75, 3.05) is 13.2 Å². The average molecular weight is 487 g/mol. The van der Waals surface area contributed by atoms with Gasteiger partial charge in [0.2, 0.25) is 0 Å². The molecule has 34 heavy (non-hydrogen) atoms. The van der Waals surface area contributed by atoms with Gasteiger partial charge in [-0.25, -0.2) is 0 Å². The van der Waals surface area contributed by atoms with Crippen molar-refractivity contribution in [3.8, 4) is 0 Å². The maximum absolute atomic E-state index is 12.0. The number of carbonyl (C=O) groups is 1. The second-order valence-electron chi connectivity index (χ2n) is 10.2. The van der Waals surface area contributed by atoms with E-state index in [-0.39, 0.29) is 19.2 Å². The molecular formula is C28H54O6. The summed E-state index contributed by atoms with van der Waals surface area (Å²) in [5.74, 6) is -0.386. The highest BCUT2D eigenvalue weighted by molar-refractivity contribution is 5.69. The Kier molecular flexibility index (Phi) is 19.9. The number of aliphatic hydroxyl groups is 3. The van der Waals surface area contributed by atoms with Crippen molar-refractivity contribution in [1.82, 2.24) is 0 Å². The molecule has 3 N–H and O–H groups in total. The number of rotatable bonds is 21. The Morgan fingerprint density at radius 3 is 1.50 bits per heavy atom. The number of hydrogen-bond donors (Lipinski definition) is 3. The average Bonchev–Trinajstić information content (AvgIpc) is 2.94. The molecule has 6 nitrogen and oxygen atoms in total. The highest BCUT2D eigenvalue weighted by atomic mass is 16.6. The van der Waals surface area contributed by atoms with Crippen molar-refractivity contribution in [3.05, 3.63) is 0 Å². The number of ether oxygens (including phenoxy) is 2. The first kappa shape index (κ1) is 31.3. The summed E-state index contributed by atoms with van der Waals surface area (Å²) in [5, 5.41) is 29.4. The molecule has 1 aliphatic rings. The van der Waals surface area contributed by atoms with E-state index >= 15 is 0 Å². The summed E-state index contributed by atoms with van der Waals surface area (Å²) in [6.07, 6.45) is 20.4. The van der Waals surface area contributed by atoms with Gasteiger partial charge in [0, 0.05) is 6.42 Å². The third-order valence-corrected chi connectivity index (χ3v) is 6.96. The highest BCUT2D eigenvalue weighted by Crippen LogP contribution is 2.17. The van der Waals surface area contributed by atoms with Gasteiger partial charge in [0.15, 0.2) is 6.10 Å². The second-order valence-corrected chi connectivity index (χ2v) is 10.2. The third kappa shape index (κ3) is 16.1. The minimum absolute atomic E-state index is 0.0137. The Hall–Kier alpha value is -0.690. The molecule has 0 aromatic carbocycles. The van der Waals surface area contributed by atoms with Crippen LogP contribution in [0.1, 0.15) is 135 Å². The van der Waals surface area contributed by atoms with Gasteiger partial charge in [-0.3, -0.25) is 4.79 Å². The quantitative estimate of drug-likeness (QED) is 0.139. The first-order valence-corrected chi connectivity index (χ1v) is 14.4. The van der Waals surface area contributed by atoms with Crippen molar-refractivity contribution in [2.24, 2.45) is 0 Å². The van der Waals surface area contributed by atoms with E-state index in [1.165, 1.54) is 103 Å². The van der Waals surface area contributed by atoms with Crippen molar-refractivity contribution in [2.45, 2.75) is 160 Å². The van der Waals surface area contributed by atoms with Crippen molar-refractivity contribution in [1.29, 1.82) is 0 Å². The van der Waals surface area contributed by atoms with E-state index in [1.54, 1.807) is 0 Å². The molecule has 0 spiro atoms. The lowest BCUT2D eigenvalue weighted by Gasteiger charge is -2.24. The Morgan fingerprint density at radius 2 is 1.06 bits per heavy atom. The summed E-state index contributed by atoms with van der Waals surface area (Å²) >= 11 is 0. The van der Waals surface area contributed by atoms with E-state index in [4.69, 9.17) is 9.47 Å². The smallest absolute Gasteiger partial charge is 0.306 e. The first-order chi connectivity index (χ1) is 16.6. The van der Waals surface area contributed by atoms with E-state index in [1.807, 2.05) is 0 Å². The predicted molar refractivity (Wildman–Crippen MR) is 137 cm³/mol. The highest BCUT2D eigenvalue weighted by Gasteiger charge is 2.36. The fraction of sp³-hybridized carbons (Fsp3) is 0.964. The topological polar surface area (TPSA) is 96.2 Å². The predicted octanol–water partition coefficient (Wildman–Crippen LogP) is 5.83. The molecule has 0 amide bonds. The van der Waals surface area contributed by atoms with E-state index < -0.39 is 24.4 Å². The molecule has 0 aromatic rings. The lowest BCUT2D eigenvalue weighted by atomic mass is 10.0. The van der Waals surface area contributed by atoms with Gasteiger partial charge >= 0.3 is 5.97 Å². The van der Waals surface area contributed by atoms with Crippen LogP contribution in [0.15, 0.2) is 0 Å². The fourth-order valence-electron chi connectivity index (χ4n) is 4.63. The van der Waals surface area contributed by atoms with Crippen molar-refractivity contribution in [3.63, 3.8) is 0 Å². The van der Waals surface area contributed by atoms with Crippen LogP contribution in [-0.2, 0) is 14.3 Å². The molecule has 6 heteroatoms. The number of hydrogen-bond acceptors (Lipinski definition) is 6. The van der Waals surface area contributed by atoms with Crippen LogP contribution in [0.25, 0.3) is 0 Å². The van der Waals surface area contributed by atoms with Crippen LogP contribution in [-0.4, -0.2) is 58.9 Å². The Labute approximate surface area is 208 Å². The number of aliphatic hydroxyl groups excluding tert-OH is 3. The summed E-state index contributed by atoms with van der Waals surface area (Å²) in [4.78, 5) is 12.0. The van der Waals surface area contributed by atoms with Gasteiger partial charge in [0.05, 0.1) is 13.2 Å². The molecule has 1 heterocycles. The zero-order chi connectivity index (χ0) is 24.9. The van der Waals surface area contributed by atoms with Gasteiger partial charge in [-0.15, -0.1) is 0 Å². The molecule has 0 saturated carbocycles. The van der Waals surface area contributed by atoms with Crippen LogP contribution < -0.4 is 0 Å². The molecule has 1 saturated heterocycles. The van der Waals surface area contributed by atoms with E-state index in [0.29, 0.717) is 6.42 Å². The van der Waals surface area contributed by atoms with Crippen LogP contribution in [0.4, 0.5) is 0 Å². The number of esters is 1. The minimum Gasteiger partial charge on any atom is -0.457 e.